The molecule has 2 heterocycles. The first-order valence-corrected chi connectivity index (χ1v) is 8.02. The van der Waals surface area contributed by atoms with Crippen molar-refractivity contribution in [1.29, 1.82) is 0 Å². The SMILES string of the molecule is CCCNCc1oc(Cn2nc(CC)cc2CC)cc1C. The minimum atomic E-state index is 0.720. The first-order chi connectivity index (χ1) is 10.2. The lowest BCUT2D eigenvalue weighted by Gasteiger charge is -2.04. The zero-order chi connectivity index (χ0) is 15.2. The lowest BCUT2D eigenvalue weighted by atomic mass is 10.2. The maximum absolute atomic E-state index is 5.98. The predicted octanol–water partition coefficient (Wildman–Crippen LogP) is 3.46. The normalized spacial score (nSPS) is 11.2. The number of furan rings is 1. The van der Waals surface area contributed by atoms with E-state index >= 15 is 0 Å². The van der Waals surface area contributed by atoms with Crippen molar-refractivity contribution in [3.05, 3.63) is 40.6 Å². The van der Waals surface area contributed by atoms with Gasteiger partial charge in [0, 0.05) is 5.69 Å². The van der Waals surface area contributed by atoms with E-state index in [2.05, 4.69) is 54.9 Å². The van der Waals surface area contributed by atoms with Gasteiger partial charge in [-0.05, 0) is 50.4 Å². The van der Waals surface area contributed by atoms with Crippen molar-refractivity contribution >= 4 is 0 Å². The monoisotopic (exact) mass is 289 g/mol. The lowest BCUT2D eigenvalue weighted by Crippen LogP contribution is -2.13. The minimum Gasteiger partial charge on any atom is -0.462 e. The molecule has 4 heteroatoms. The van der Waals surface area contributed by atoms with Crippen LogP contribution in [-0.4, -0.2) is 16.3 Å². The molecule has 1 N–H and O–H groups in total. The van der Waals surface area contributed by atoms with Crippen LogP contribution in [0, 0.1) is 6.92 Å². The number of nitrogens with one attached hydrogen (secondary N) is 1. The van der Waals surface area contributed by atoms with Crippen molar-refractivity contribution in [1.82, 2.24) is 15.1 Å². The van der Waals surface area contributed by atoms with Crippen LogP contribution in [0.3, 0.4) is 0 Å². The van der Waals surface area contributed by atoms with E-state index in [9.17, 15) is 0 Å². The fourth-order valence-electron chi connectivity index (χ4n) is 2.48. The molecule has 0 aliphatic carbocycles. The van der Waals surface area contributed by atoms with Crippen molar-refractivity contribution < 1.29 is 4.42 Å². The molecule has 0 saturated heterocycles. The van der Waals surface area contributed by atoms with Crippen LogP contribution in [0.5, 0.6) is 0 Å². The Morgan fingerprint density at radius 1 is 1.19 bits per heavy atom. The van der Waals surface area contributed by atoms with Gasteiger partial charge in [0.25, 0.3) is 0 Å². The highest BCUT2D eigenvalue weighted by molar-refractivity contribution is 5.21. The average molecular weight is 289 g/mol. The first kappa shape index (κ1) is 15.8. The highest BCUT2D eigenvalue weighted by Gasteiger charge is 2.11. The number of hydrogen-bond acceptors (Lipinski definition) is 3. The average Bonchev–Trinajstić information content (AvgIpc) is 3.03. The molecule has 0 radical (unpaired) electrons. The van der Waals surface area contributed by atoms with E-state index in [-0.39, 0.29) is 0 Å². The highest BCUT2D eigenvalue weighted by atomic mass is 16.3. The number of aromatic nitrogens is 2. The Morgan fingerprint density at radius 3 is 2.67 bits per heavy atom. The molecule has 0 spiro atoms. The topological polar surface area (TPSA) is 43.0 Å². The van der Waals surface area contributed by atoms with Crippen molar-refractivity contribution in [3.63, 3.8) is 0 Å². The quantitative estimate of drug-likeness (QED) is 0.757. The molecule has 2 aromatic rings. The van der Waals surface area contributed by atoms with Crippen molar-refractivity contribution in [3.8, 4) is 0 Å². The van der Waals surface area contributed by atoms with Crippen molar-refractivity contribution in [2.24, 2.45) is 0 Å². The molecule has 0 amide bonds. The van der Waals surface area contributed by atoms with Gasteiger partial charge in [-0.25, -0.2) is 0 Å². The Balaban J connectivity index is 2.09. The molecule has 0 atom stereocenters. The van der Waals surface area contributed by atoms with E-state index in [1.165, 1.54) is 11.3 Å². The minimum absolute atomic E-state index is 0.720. The van der Waals surface area contributed by atoms with Crippen molar-refractivity contribution in [2.45, 2.75) is 60.0 Å². The van der Waals surface area contributed by atoms with Crippen LogP contribution in [0.1, 0.15) is 55.7 Å². The molecule has 2 aromatic heterocycles. The standard InChI is InChI=1S/C17H27N3O/c1-5-8-18-11-17-13(4)9-16(21-17)12-20-15(7-3)10-14(6-2)19-20/h9-10,18H,5-8,11-12H2,1-4H3. The van der Waals surface area contributed by atoms with Gasteiger partial charge in [-0.15, -0.1) is 0 Å². The Labute approximate surface area is 127 Å². The van der Waals surface area contributed by atoms with Crippen LogP contribution in [0.25, 0.3) is 0 Å². The number of hydrogen-bond donors (Lipinski definition) is 1. The van der Waals surface area contributed by atoms with Crippen LogP contribution >= 0.6 is 0 Å². The van der Waals surface area contributed by atoms with E-state index in [0.717, 1.165) is 56.1 Å². The van der Waals surface area contributed by atoms with Gasteiger partial charge in [0.05, 0.1) is 18.8 Å². The second kappa shape index (κ2) is 7.46. The Bertz CT molecular complexity index is 569. The van der Waals surface area contributed by atoms with E-state index in [0.29, 0.717) is 0 Å². The van der Waals surface area contributed by atoms with Gasteiger partial charge in [0.2, 0.25) is 0 Å². The Morgan fingerprint density at radius 2 is 2.00 bits per heavy atom. The van der Waals surface area contributed by atoms with Gasteiger partial charge in [-0.2, -0.15) is 5.10 Å². The first-order valence-electron chi connectivity index (χ1n) is 8.02. The summed E-state index contributed by atoms with van der Waals surface area (Å²) in [4.78, 5) is 0. The number of nitrogens with zero attached hydrogens (tertiary/aromatic N) is 2. The third kappa shape index (κ3) is 3.97. The van der Waals surface area contributed by atoms with Crippen LogP contribution < -0.4 is 5.32 Å². The summed E-state index contributed by atoms with van der Waals surface area (Å²) in [7, 11) is 0. The van der Waals surface area contributed by atoms with Gasteiger partial charge >= 0.3 is 0 Å². The second-order valence-electron chi connectivity index (χ2n) is 5.49. The maximum Gasteiger partial charge on any atom is 0.126 e. The molecule has 0 aliphatic rings. The Hall–Kier alpha value is -1.55. The van der Waals surface area contributed by atoms with Crippen LogP contribution in [0.2, 0.25) is 0 Å². The summed E-state index contributed by atoms with van der Waals surface area (Å²) in [5, 5.41) is 8.04. The van der Waals surface area contributed by atoms with Gasteiger partial charge in [-0.3, -0.25) is 4.68 Å². The molecule has 0 unspecified atom stereocenters. The van der Waals surface area contributed by atoms with Gasteiger partial charge < -0.3 is 9.73 Å². The van der Waals surface area contributed by atoms with E-state index in [1.807, 2.05) is 0 Å². The molecule has 0 fully saturated rings. The molecule has 0 saturated carbocycles. The fraction of sp³-hybridized carbons (Fsp3) is 0.588. The van der Waals surface area contributed by atoms with Crippen LogP contribution in [-0.2, 0) is 25.9 Å². The molecular formula is C17H27N3O. The molecule has 4 nitrogen and oxygen atoms in total. The molecule has 0 aromatic carbocycles. The highest BCUT2D eigenvalue weighted by Crippen LogP contribution is 2.17. The summed E-state index contributed by atoms with van der Waals surface area (Å²) in [5.41, 5.74) is 3.64. The molecule has 0 bridgehead atoms. The summed E-state index contributed by atoms with van der Waals surface area (Å²) in [6, 6.07) is 4.33. The summed E-state index contributed by atoms with van der Waals surface area (Å²) >= 11 is 0. The molecule has 116 valence electrons. The zero-order valence-corrected chi connectivity index (χ0v) is 13.7. The Kier molecular flexibility index (Phi) is 5.62. The summed E-state index contributed by atoms with van der Waals surface area (Å²) < 4.78 is 8.05. The number of aryl methyl sites for hydroxylation is 3. The second-order valence-corrected chi connectivity index (χ2v) is 5.49. The van der Waals surface area contributed by atoms with Gasteiger partial charge in [0.1, 0.15) is 11.5 Å². The molecule has 0 aliphatic heterocycles. The maximum atomic E-state index is 5.98. The molecule has 2 rings (SSSR count). The van der Waals surface area contributed by atoms with Gasteiger partial charge in [0.15, 0.2) is 0 Å². The van der Waals surface area contributed by atoms with Crippen LogP contribution in [0.15, 0.2) is 16.5 Å². The zero-order valence-electron chi connectivity index (χ0n) is 13.7. The smallest absolute Gasteiger partial charge is 0.126 e. The third-order valence-electron chi connectivity index (χ3n) is 3.73. The third-order valence-corrected chi connectivity index (χ3v) is 3.73. The largest absolute Gasteiger partial charge is 0.462 e. The van der Waals surface area contributed by atoms with E-state index in [4.69, 9.17) is 4.42 Å². The number of rotatable bonds is 8. The summed E-state index contributed by atoms with van der Waals surface area (Å²) in [6.07, 6.45) is 3.11. The van der Waals surface area contributed by atoms with Gasteiger partial charge in [-0.1, -0.05) is 20.8 Å². The molecule has 21 heavy (non-hydrogen) atoms. The van der Waals surface area contributed by atoms with E-state index < -0.39 is 0 Å². The summed E-state index contributed by atoms with van der Waals surface area (Å²) in [6.45, 7) is 11.1. The van der Waals surface area contributed by atoms with Crippen molar-refractivity contribution in [2.75, 3.05) is 6.54 Å². The predicted molar refractivity (Wildman–Crippen MR) is 85.5 cm³/mol. The lowest BCUT2D eigenvalue weighted by molar-refractivity contribution is 0.425. The van der Waals surface area contributed by atoms with E-state index in [1.54, 1.807) is 0 Å². The summed E-state index contributed by atoms with van der Waals surface area (Å²) in [5.74, 6) is 2.03. The fourth-order valence-corrected chi connectivity index (χ4v) is 2.48. The molecular weight excluding hydrogens is 262 g/mol. The van der Waals surface area contributed by atoms with Crippen LogP contribution in [0.4, 0.5) is 0 Å².